The largest absolute Gasteiger partial charge is 0.365 e. The van der Waals surface area contributed by atoms with Crippen LogP contribution in [0.2, 0.25) is 0 Å². The molecule has 0 N–H and O–H groups in total. The van der Waals surface area contributed by atoms with E-state index in [-0.39, 0.29) is 4.93 Å². The molecule has 0 spiro atoms. The fourth-order valence-electron chi connectivity index (χ4n) is 0.371. The summed E-state index contributed by atoms with van der Waals surface area (Å²) in [5.74, 6) is 0.594. The molecule has 0 aliphatic rings. The highest BCUT2D eigenvalue weighted by Gasteiger charge is 2.10. The molecule has 0 saturated heterocycles. The Morgan fingerprint density at radius 3 is 2.00 bits per heavy atom. The first-order valence-electron chi connectivity index (χ1n) is 3.28. The fraction of sp³-hybridized carbons (Fsp3) is 1.00. The van der Waals surface area contributed by atoms with E-state index in [4.69, 9.17) is 4.74 Å². The van der Waals surface area contributed by atoms with Crippen molar-refractivity contribution in [3.05, 3.63) is 0 Å². The molecule has 2 heteroatoms. The fourth-order valence-corrected chi connectivity index (χ4v) is 0.445. The maximum Gasteiger partial charge on any atom is 0.105 e. The summed E-state index contributed by atoms with van der Waals surface area (Å²) < 4.78 is 5.35. The minimum Gasteiger partial charge on any atom is -0.365 e. The number of rotatable bonds is 3. The summed E-state index contributed by atoms with van der Waals surface area (Å²) in [5.41, 5.74) is 0. The summed E-state index contributed by atoms with van der Waals surface area (Å²) >= 11 is 4.21. The van der Waals surface area contributed by atoms with Crippen molar-refractivity contribution in [2.75, 3.05) is 6.61 Å². The maximum atomic E-state index is 5.35. The SMILES string of the molecule is CC(C)COC(C)(C)S. The second kappa shape index (κ2) is 3.47. The van der Waals surface area contributed by atoms with Crippen LogP contribution in [-0.2, 0) is 4.74 Å². The third-order valence-corrected chi connectivity index (χ3v) is 0.899. The van der Waals surface area contributed by atoms with E-state index in [1.54, 1.807) is 0 Å². The van der Waals surface area contributed by atoms with Gasteiger partial charge in [-0.2, -0.15) is 0 Å². The monoisotopic (exact) mass is 148 g/mol. The van der Waals surface area contributed by atoms with Crippen LogP contribution in [0.25, 0.3) is 0 Å². The van der Waals surface area contributed by atoms with Gasteiger partial charge in [0.25, 0.3) is 0 Å². The van der Waals surface area contributed by atoms with Crippen molar-refractivity contribution in [2.45, 2.75) is 32.6 Å². The van der Waals surface area contributed by atoms with E-state index in [2.05, 4.69) is 26.5 Å². The topological polar surface area (TPSA) is 9.23 Å². The minimum atomic E-state index is -0.274. The van der Waals surface area contributed by atoms with Crippen molar-refractivity contribution in [3.63, 3.8) is 0 Å². The lowest BCUT2D eigenvalue weighted by Crippen LogP contribution is -2.18. The summed E-state index contributed by atoms with van der Waals surface area (Å²) in [6.07, 6.45) is 0. The van der Waals surface area contributed by atoms with Gasteiger partial charge in [-0.3, -0.25) is 0 Å². The Labute approximate surface area is 63.2 Å². The highest BCUT2D eigenvalue weighted by molar-refractivity contribution is 7.81. The standard InChI is InChI=1S/C7H16OS/c1-6(2)5-8-7(3,4)9/h6,9H,5H2,1-4H3. The summed E-state index contributed by atoms with van der Waals surface area (Å²) in [7, 11) is 0. The molecule has 1 nitrogen and oxygen atoms in total. The molecule has 0 aliphatic carbocycles. The Morgan fingerprint density at radius 2 is 1.89 bits per heavy atom. The Kier molecular flexibility index (Phi) is 3.59. The molecule has 0 amide bonds. The molecule has 0 radical (unpaired) electrons. The van der Waals surface area contributed by atoms with Crippen molar-refractivity contribution in [2.24, 2.45) is 5.92 Å². The second-order valence-corrected chi connectivity index (χ2v) is 4.23. The molecule has 0 aromatic carbocycles. The van der Waals surface area contributed by atoms with Gasteiger partial charge in [0.1, 0.15) is 4.93 Å². The molecule has 0 aromatic rings. The van der Waals surface area contributed by atoms with Crippen molar-refractivity contribution in [1.29, 1.82) is 0 Å². The van der Waals surface area contributed by atoms with Crippen LogP contribution in [0.1, 0.15) is 27.7 Å². The maximum absolute atomic E-state index is 5.35. The average Bonchev–Trinajstić information content (AvgIpc) is 1.59. The number of hydrogen-bond donors (Lipinski definition) is 1. The normalized spacial score (nSPS) is 12.7. The molecule has 0 atom stereocenters. The van der Waals surface area contributed by atoms with Crippen LogP contribution in [0.4, 0.5) is 0 Å². The molecule has 0 saturated carbocycles. The predicted octanol–water partition coefficient (Wildman–Crippen LogP) is 2.32. The zero-order chi connectivity index (χ0) is 7.49. The quantitative estimate of drug-likeness (QED) is 0.477. The van der Waals surface area contributed by atoms with E-state index >= 15 is 0 Å². The van der Waals surface area contributed by atoms with Crippen LogP contribution in [0.15, 0.2) is 0 Å². The first kappa shape index (κ1) is 9.31. The Balaban J connectivity index is 3.28. The van der Waals surface area contributed by atoms with Crippen LogP contribution >= 0.6 is 12.6 Å². The number of hydrogen-bond acceptors (Lipinski definition) is 2. The van der Waals surface area contributed by atoms with E-state index in [9.17, 15) is 0 Å². The predicted molar refractivity (Wildman–Crippen MR) is 43.9 cm³/mol. The zero-order valence-electron chi connectivity index (χ0n) is 6.64. The second-order valence-electron chi connectivity index (χ2n) is 3.15. The van der Waals surface area contributed by atoms with Gasteiger partial charge in [0, 0.05) is 0 Å². The molecule has 0 aromatic heterocycles. The Morgan fingerprint density at radius 1 is 1.44 bits per heavy atom. The van der Waals surface area contributed by atoms with Crippen LogP contribution in [0.3, 0.4) is 0 Å². The third kappa shape index (κ3) is 8.31. The van der Waals surface area contributed by atoms with Gasteiger partial charge in [-0.25, -0.2) is 0 Å². The first-order chi connectivity index (χ1) is 3.92. The molecule has 0 fully saturated rings. The summed E-state index contributed by atoms with van der Waals surface area (Å²) in [4.78, 5) is -0.274. The Bertz CT molecular complexity index is 73.5. The molecule has 0 aliphatic heterocycles. The molecule has 0 unspecified atom stereocenters. The number of thiol groups is 1. The smallest absolute Gasteiger partial charge is 0.105 e. The van der Waals surface area contributed by atoms with Gasteiger partial charge in [-0.1, -0.05) is 13.8 Å². The van der Waals surface area contributed by atoms with Gasteiger partial charge in [0.2, 0.25) is 0 Å². The molecule has 56 valence electrons. The van der Waals surface area contributed by atoms with E-state index < -0.39 is 0 Å². The van der Waals surface area contributed by atoms with Crippen LogP contribution in [0, 0.1) is 5.92 Å². The summed E-state index contributed by atoms with van der Waals surface area (Å²) in [5, 5.41) is 0. The lowest BCUT2D eigenvalue weighted by molar-refractivity contribution is 0.0363. The van der Waals surface area contributed by atoms with Crippen molar-refractivity contribution >= 4 is 12.6 Å². The van der Waals surface area contributed by atoms with E-state index in [0.717, 1.165) is 6.61 Å². The van der Waals surface area contributed by atoms with Crippen LogP contribution in [-0.4, -0.2) is 11.5 Å². The third-order valence-electron chi connectivity index (χ3n) is 0.770. The van der Waals surface area contributed by atoms with Crippen LogP contribution < -0.4 is 0 Å². The highest BCUT2D eigenvalue weighted by Crippen LogP contribution is 2.14. The molecular formula is C7H16OS. The zero-order valence-corrected chi connectivity index (χ0v) is 7.53. The molecule has 0 heterocycles. The average molecular weight is 148 g/mol. The van der Waals surface area contributed by atoms with Crippen molar-refractivity contribution < 1.29 is 4.74 Å². The van der Waals surface area contributed by atoms with Gasteiger partial charge >= 0.3 is 0 Å². The van der Waals surface area contributed by atoms with E-state index in [1.807, 2.05) is 13.8 Å². The molecular weight excluding hydrogens is 132 g/mol. The summed E-state index contributed by atoms with van der Waals surface area (Å²) in [6.45, 7) is 8.92. The van der Waals surface area contributed by atoms with Gasteiger partial charge < -0.3 is 4.74 Å². The molecule has 0 bridgehead atoms. The highest BCUT2D eigenvalue weighted by atomic mass is 32.1. The van der Waals surface area contributed by atoms with E-state index in [0.29, 0.717) is 5.92 Å². The van der Waals surface area contributed by atoms with Gasteiger partial charge in [0.15, 0.2) is 0 Å². The van der Waals surface area contributed by atoms with Gasteiger partial charge in [-0.05, 0) is 19.8 Å². The van der Waals surface area contributed by atoms with Gasteiger partial charge in [0.05, 0.1) is 6.61 Å². The van der Waals surface area contributed by atoms with Crippen molar-refractivity contribution in [3.8, 4) is 0 Å². The molecule has 9 heavy (non-hydrogen) atoms. The first-order valence-corrected chi connectivity index (χ1v) is 3.73. The lowest BCUT2D eigenvalue weighted by atomic mass is 10.2. The van der Waals surface area contributed by atoms with Gasteiger partial charge in [-0.15, -0.1) is 12.6 Å². The van der Waals surface area contributed by atoms with Crippen molar-refractivity contribution in [1.82, 2.24) is 0 Å². The lowest BCUT2D eigenvalue weighted by Gasteiger charge is -2.19. The Hall–Kier alpha value is 0.310. The summed E-state index contributed by atoms with van der Waals surface area (Å²) in [6, 6.07) is 0. The molecule has 0 rings (SSSR count). The van der Waals surface area contributed by atoms with Crippen LogP contribution in [0.5, 0.6) is 0 Å². The minimum absolute atomic E-state index is 0.274. The van der Waals surface area contributed by atoms with E-state index in [1.165, 1.54) is 0 Å². The number of ether oxygens (including phenoxy) is 1.